The van der Waals surface area contributed by atoms with Crippen molar-refractivity contribution >= 4 is 40.3 Å². The number of aromatic hydroxyl groups is 1. The number of anilines is 1. The zero-order valence-electron chi connectivity index (χ0n) is 26.0. The van der Waals surface area contributed by atoms with Gasteiger partial charge in [-0.05, 0) is 60.6 Å². The highest BCUT2D eigenvalue weighted by Gasteiger charge is 2.23. The number of nitrogens with one attached hydrogen (secondary N) is 3. The number of carbonyl (C=O) groups excluding carboxylic acids is 2. The van der Waals surface area contributed by atoms with Gasteiger partial charge in [0.2, 0.25) is 5.88 Å². The molecule has 0 fully saturated rings. The molecule has 0 unspecified atom stereocenters. The zero-order valence-corrected chi connectivity index (χ0v) is 26.0. The number of hydrogen-bond donors (Lipinski definition) is 5. The largest absolute Gasteiger partial charge is 0.494 e. The third-order valence-corrected chi connectivity index (χ3v) is 7.52. The van der Waals surface area contributed by atoms with E-state index in [0.29, 0.717) is 29.0 Å². The monoisotopic (exact) mass is 639 g/mol. The van der Waals surface area contributed by atoms with Gasteiger partial charge in [0.05, 0.1) is 18.7 Å². The van der Waals surface area contributed by atoms with Gasteiger partial charge in [-0.3, -0.25) is 14.6 Å². The van der Waals surface area contributed by atoms with Crippen molar-refractivity contribution in [3.05, 3.63) is 125 Å². The van der Waals surface area contributed by atoms with E-state index in [9.17, 15) is 23.5 Å². The van der Waals surface area contributed by atoms with Gasteiger partial charge >= 0.3 is 0 Å². The average Bonchev–Trinajstić information content (AvgIpc) is 3.38. The third kappa shape index (κ3) is 7.39. The predicted octanol–water partition coefficient (Wildman–Crippen LogP) is 4.73. The first-order valence-corrected chi connectivity index (χ1v) is 14.7. The van der Waals surface area contributed by atoms with Crippen LogP contribution in [-0.2, 0) is 29.2 Å². The van der Waals surface area contributed by atoms with Gasteiger partial charge in [0.1, 0.15) is 11.4 Å². The Hall–Kier alpha value is -5.75. The second kappa shape index (κ2) is 14.1. The molecule has 1 aromatic heterocycles. The number of nitrogens with zero attached hydrogens (tertiary/aromatic N) is 3. The van der Waals surface area contributed by atoms with Crippen molar-refractivity contribution in [1.29, 1.82) is 0 Å². The van der Waals surface area contributed by atoms with Crippen LogP contribution in [0.3, 0.4) is 0 Å². The van der Waals surface area contributed by atoms with Crippen molar-refractivity contribution in [3.8, 4) is 5.88 Å². The Bertz CT molecular complexity index is 1940. The SMILES string of the molecule is C=CN(Cc1ccc(F)c(F)c1)C(=O)/C(=C\N)C(=O)NC/C=C/c1ccc2c(C3=NCc4cc(CN(C)C)ccc4N3)c(O)[nH]c2c1. The Kier molecular flexibility index (Phi) is 9.81. The molecule has 0 saturated carbocycles. The molecule has 2 amide bonds. The number of amides is 2. The fourth-order valence-electron chi connectivity index (χ4n) is 5.28. The van der Waals surface area contributed by atoms with Crippen LogP contribution in [-0.4, -0.2) is 58.2 Å². The van der Waals surface area contributed by atoms with Gasteiger partial charge in [-0.2, -0.15) is 0 Å². The third-order valence-electron chi connectivity index (χ3n) is 7.52. The number of aliphatic imine (C=N–C) groups is 1. The van der Waals surface area contributed by atoms with Crippen molar-refractivity contribution in [3.63, 3.8) is 0 Å². The number of aromatic nitrogens is 1. The summed E-state index contributed by atoms with van der Waals surface area (Å²) >= 11 is 0. The van der Waals surface area contributed by atoms with Crippen LogP contribution in [0.4, 0.5) is 14.5 Å². The number of rotatable bonds is 11. The first kappa shape index (κ1) is 32.6. The highest BCUT2D eigenvalue weighted by atomic mass is 19.2. The van der Waals surface area contributed by atoms with Gasteiger partial charge in [0.15, 0.2) is 11.6 Å². The summed E-state index contributed by atoms with van der Waals surface area (Å²) < 4.78 is 26.9. The molecule has 0 saturated heterocycles. The molecule has 242 valence electrons. The van der Waals surface area contributed by atoms with Crippen LogP contribution in [0, 0.1) is 11.6 Å². The molecule has 0 spiro atoms. The van der Waals surface area contributed by atoms with E-state index in [-0.39, 0.29) is 24.5 Å². The summed E-state index contributed by atoms with van der Waals surface area (Å²) in [6.07, 6.45) is 5.54. The number of amidine groups is 1. The normalized spacial score (nSPS) is 13.0. The van der Waals surface area contributed by atoms with E-state index in [1.165, 1.54) is 17.8 Å². The summed E-state index contributed by atoms with van der Waals surface area (Å²) in [5, 5.41) is 17.6. The topological polar surface area (TPSA) is 139 Å². The maximum absolute atomic E-state index is 13.6. The van der Waals surface area contributed by atoms with Gasteiger partial charge in [-0.1, -0.05) is 49.1 Å². The van der Waals surface area contributed by atoms with Crippen molar-refractivity contribution in [1.82, 2.24) is 20.1 Å². The lowest BCUT2D eigenvalue weighted by atomic mass is 10.0. The standard InChI is InChI=1S/C35H35F2N7O3/c1-4-44(20-23-8-11-27(36)28(37)15-23)35(47)26(17-38)33(45)39-13-5-6-21-7-10-25-30(16-21)42-34(46)31(25)32-40-18-24-14-22(19-43(2)3)9-12-29(24)41-32/h4-12,14-17,42,46H,1,13,18-20,38H2,2-3H3,(H,39,45)(H,40,41)/b6-5+,26-17-. The van der Waals surface area contributed by atoms with Gasteiger partial charge in [-0.25, -0.2) is 8.78 Å². The second-order valence-electron chi connectivity index (χ2n) is 11.2. The summed E-state index contributed by atoms with van der Waals surface area (Å²) in [6.45, 7) is 4.84. The summed E-state index contributed by atoms with van der Waals surface area (Å²) in [5.41, 5.74) is 10.9. The first-order chi connectivity index (χ1) is 22.6. The molecule has 4 aromatic rings. The minimum atomic E-state index is -1.05. The zero-order chi connectivity index (χ0) is 33.7. The Morgan fingerprint density at radius 3 is 2.55 bits per heavy atom. The lowest BCUT2D eigenvalue weighted by Crippen LogP contribution is -2.35. The van der Waals surface area contributed by atoms with Crippen molar-refractivity contribution in [2.45, 2.75) is 19.6 Å². The molecule has 0 atom stereocenters. The molecular weight excluding hydrogens is 604 g/mol. The van der Waals surface area contributed by atoms with Gasteiger partial charge in [0.25, 0.3) is 11.8 Å². The minimum absolute atomic E-state index is 0.00350. The average molecular weight is 640 g/mol. The quantitative estimate of drug-likeness (QED) is 0.0914. The van der Waals surface area contributed by atoms with Crippen molar-refractivity contribution < 1.29 is 23.5 Å². The summed E-state index contributed by atoms with van der Waals surface area (Å²) in [5.74, 6) is -2.96. The summed E-state index contributed by atoms with van der Waals surface area (Å²) in [6, 6.07) is 15.1. The number of halogens is 2. The van der Waals surface area contributed by atoms with E-state index < -0.39 is 23.4 Å². The molecule has 2 heterocycles. The Morgan fingerprint density at radius 2 is 1.83 bits per heavy atom. The van der Waals surface area contributed by atoms with E-state index in [0.717, 1.165) is 52.0 Å². The molecule has 1 aliphatic rings. The number of benzene rings is 3. The van der Waals surface area contributed by atoms with E-state index in [1.54, 1.807) is 12.2 Å². The summed E-state index contributed by atoms with van der Waals surface area (Å²) in [7, 11) is 4.05. The van der Waals surface area contributed by atoms with E-state index in [4.69, 9.17) is 10.7 Å². The Labute approximate surface area is 270 Å². The van der Waals surface area contributed by atoms with E-state index >= 15 is 0 Å². The number of nitrogens with two attached hydrogens (primary N) is 1. The number of aromatic amines is 1. The number of hydrogen-bond acceptors (Lipinski definition) is 7. The maximum atomic E-state index is 13.6. The fraction of sp³-hybridized carbons (Fsp3) is 0.171. The van der Waals surface area contributed by atoms with Crippen molar-refractivity contribution in [2.75, 3.05) is 26.0 Å². The number of fused-ring (bicyclic) bond motifs is 2. The smallest absolute Gasteiger partial charge is 0.265 e. The van der Waals surface area contributed by atoms with Crippen LogP contribution in [0.15, 0.2) is 90.2 Å². The van der Waals surface area contributed by atoms with E-state index in [2.05, 4.69) is 39.2 Å². The first-order valence-electron chi connectivity index (χ1n) is 14.7. The molecule has 5 rings (SSSR count). The van der Waals surface area contributed by atoms with Crippen LogP contribution in [0.5, 0.6) is 5.88 Å². The van der Waals surface area contributed by atoms with Crippen LogP contribution in [0.25, 0.3) is 17.0 Å². The number of H-pyrrole nitrogens is 1. The molecular formula is C35H35F2N7O3. The Balaban J connectivity index is 1.21. The van der Waals surface area contributed by atoms with Crippen molar-refractivity contribution in [2.24, 2.45) is 10.7 Å². The molecule has 1 aliphatic heterocycles. The molecule has 12 heteroatoms. The number of carbonyl (C=O) groups is 2. The maximum Gasteiger partial charge on any atom is 0.265 e. The van der Waals surface area contributed by atoms with Crippen LogP contribution < -0.4 is 16.4 Å². The molecule has 47 heavy (non-hydrogen) atoms. The summed E-state index contributed by atoms with van der Waals surface area (Å²) in [4.78, 5) is 36.6. The van der Waals surface area contributed by atoms with Crippen LogP contribution in [0.2, 0.25) is 0 Å². The highest BCUT2D eigenvalue weighted by Crippen LogP contribution is 2.32. The Morgan fingerprint density at radius 1 is 1.06 bits per heavy atom. The molecule has 0 aliphatic carbocycles. The molecule has 0 radical (unpaired) electrons. The predicted molar refractivity (Wildman–Crippen MR) is 179 cm³/mol. The lowest BCUT2D eigenvalue weighted by molar-refractivity contribution is -0.128. The molecule has 10 nitrogen and oxygen atoms in total. The van der Waals surface area contributed by atoms with E-state index in [1.807, 2.05) is 38.4 Å². The second-order valence-corrected chi connectivity index (χ2v) is 11.2. The van der Waals surface area contributed by atoms with Crippen LogP contribution >= 0.6 is 0 Å². The van der Waals surface area contributed by atoms with Gasteiger partial charge in [-0.15, -0.1) is 0 Å². The fourth-order valence-corrected chi connectivity index (χ4v) is 5.28. The molecule has 0 bridgehead atoms. The molecule has 3 aromatic carbocycles. The highest BCUT2D eigenvalue weighted by molar-refractivity contribution is 6.19. The lowest BCUT2D eigenvalue weighted by Gasteiger charge is -2.20. The van der Waals surface area contributed by atoms with Crippen LogP contribution in [0.1, 0.15) is 27.8 Å². The van der Waals surface area contributed by atoms with Gasteiger partial charge in [0, 0.05) is 42.1 Å². The van der Waals surface area contributed by atoms with Gasteiger partial charge < -0.3 is 36.3 Å². The molecule has 6 N–H and O–H groups in total. The minimum Gasteiger partial charge on any atom is -0.494 e.